The predicted molar refractivity (Wildman–Crippen MR) is 60.1 cm³/mol. The van der Waals surface area contributed by atoms with Crippen molar-refractivity contribution in [2.24, 2.45) is 5.73 Å². The topological polar surface area (TPSA) is 38.0 Å². The fourth-order valence-electron chi connectivity index (χ4n) is 2.26. The molecule has 1 fully saturated rings. The quantitative estimate of drug-likeness (QED) is 0.496. The van der Waals surface area contributed by atoms with Gasteiger partial charge in [-0.05, 0) is 12.8 Å². The third-order valence-electron chi connectivity index (χ3n) is 3.36. The van der Waals surface area contributed by atoms with Gasteiger partial charge in [-0.1, -0.05) is 12.8 Å². The van der Waals surface area contributed by atoms with Crippen molar-refractivity contribution in [3.8, 4) is 0 Å². The normalized spacial score (nSPS) is 23.5. The Morgan fingerprint density at radius 1 is 0.789 bits per heavy atom. The summed E-state index contributed by atoms with van der Waals surface area (Å²) in [5, 5.41) is 2.35. The molecule has 1 aromatic rings. The molecule has 1 aliphatic carbocycles. The first-order valence-corrected chi connectivity index (χ1v) is 5.97. The smallest absolute Gasteiger partial charge is 0.200 e. The Morgan fingerprint density at radius 2 is 1.26 bits per heavy atom. The predicted octanol–water partition coefficient (Wildman–Crippen LogP) is 3.06. The summed E-state index contributed by atoms with van der Waals surface area (Å²) in [6.07, 6.45) is 2.85. The molecule has 2 nitrogen and oxygen atoms in total. The van der Waals surface area contributed by atoms with Crippen molar-refractivity contribution < 1.29 is 22.0 Å². The summed E-state index contributed by atoms with van der Waals surface area (Å²) in [5.41, 5.74) is 4.76. The Bertz CT molecular complexity index is 462. The van der Waals surface area contributed by atoms with Crippen molar-refractivity contribution in [3.63, 3.8) is 0 Å². The summed E-state index contributed by atoms with van der Waals surface area (Å²) in [5.74, 6) is -9.77. The van der Waals surface area contributed by atoms with Gasteiger partial charge in [-0.15, -0.1) is 0 Å². The lowest BCUT2D eigenvalue weighted by molar-refractivity contribution is 0.372. The van der Waals surface area contributed by atoms with Crippen LogP contribution in [0.25, 0.3) is 0 Å². The van der Waals surface area contributed by atoms with Crippen LogP contribution in [0.2, 0.25) is 0 Å². The van der Waals surface area contributed by atoms with E-state index in [0.29, 0.717) is 12.8 Å². The Morgan fingerprint density at radius 3 is 1.79 bits per heavy atom. The van der Waals surface area contributed by atoms with Crippen molar-refractivity contribution in [2.75, 3.05) is 5.32 Å². The van der Waals surface area contributed by atoms with E-state index in [-0.39, 0.29) is 6.04 Å². The monoisotopic (exact) mass is 280 g/mol. The number of nitrogens with two attached hydrogens (primary N) is 1. The van der Waals surface area contributed by atoms with Gasteiger partial charge in [0.1, 0.15) is 5.69 Å². The summed E-state index contributed by atoms with van der Waals surface area (Å²) < 4.78 is 65.8. The second-order valence-electron chi connectivity index (χ2n) is 4.64. The zero-order valence-corrected chi connectivity index (χ0v) is 9.95. The Hall–Kier alpha value is -1.37. The van der Waals surface area contributed by atoms with Crippen LogP contribution in [0.5, 0.6) is 0 Å². The molecular formula is C12H13F5N2. The molecule has 106 valence electrons. The van der Waals surface area contributed by atoms with Crippen molar-refractivity contribution in [1.29, 1.82) is 0 Å². The lowest BCUT2D eigenvalue weighted by Gasteiger charge is -2.30. The number of benzene rings is 1. The number of halogens is 5. The standard InChI is InChI=1S/C12H13F5N2/c13-7-8(14)10(16)12(11(17)9(7)15)19-6-4-2-1-3-5(6)18/h5-6,19H,1-4,18H2. The van der Waals surface area contributed by atoms with Crippen LogP contribution in [0.4, 0.5) is 27.6 Å². The van der Waals surface area contributed by atoms with Gasteiger partial charge >= 0.3 is 0 Å². The molecule has 0 radical (unpaired) electrons. The molecule has 19 heavy (non-hydrogen) atoms. The fraction of sp³-hybridized carbons (Fsp3) is 0.500. The van der Waals surface area contributed by atoms with Crippen LogP contribution in [0.3, 0.4) is 0 Å². The van der Waals surface area contributed by atoms with Gasteiger partial charge in [-0.25, -0.2) is 22.0 Å². The number of hydrogen-bond donors (Lipinski definition) is 2. The summed E-state index contributed by atoms with van der Waals surface area (Å²) in [6, 6.07) is -0.870. The molecule has 1 aromatic carbocycles. The lowest BCUT2D eigenvalue weighted by Crippen LogP contribution is -2.43. The number of nitrogens with one attached hydrogen (secondary N) is 1. The molecule has 7 heteroatoms. The molecule has 1 aliphatic rings. The van der Waals surface area contributed by atoms with Crippen molar-refractivity contribution in [3.05, 3.63) is 29.1 Å². The first kappa shape index (κ1) is 14.0. The van der Waals surface area contributed by atoms with E-state index in [2.05, 4.69) is 5.32 Å². The van der Waals surface area contributed by atoms with Crippen molar-refractivity contribution in [1.82, 2.24) is 0 Å². The molecule has 2 unspecified atom stereocenters. The van der Waals surface area contributed by atoms with Crippen LogP contribution in [0, 0.1) is 29.1 Å². The van der Waals surface area contributed by atoms with Crippen LogP contribution in [-0.2, 0) is 0 Å². The summed E-state index contributed by atoms with van der Waals surface area (Å²) in [4.78, 5) is 0. The van der Waals surface area contributed by atoms with Crippen LogP contribution in [0.1, 0.15) is 25.7 Å². The molecule has 0 aromatic heterocycles. The highest BCUT2D eigenvalue weighted by molar-refractivity contribution is 5.48. The van der Waals surface area contributed by atoms with Gasteiger partial charge in [0.05, 0.1) is 0 Å². The van der Waals surface area contributed by atoms with Gasteiger partial charge in [0.15, 0.2) is 23.3 Å². The Balaban J connectivity index is 2.34. The summed E-state index contributed by atoms with van der Waals surface area (Å²) >= 11 is 0. The van der Waals surface area contributed by atoms with Gasteiger partial charge in [0, 0.05) is 12.1 Å². The third kappa shape index (κ3) is 2.51. The molecule has 0 heterocycles. The molecule has 0 amide bonds. The minimum absolute atomic E-state index is 0.372. The fourth-order valence-corrected chi connectivity index (χ4v) is 2.26. The Kier molecular flexibility index (Phi) is 3.93. The van der Waals surface area contributed by atoms with Crippen molar-refractivity contribution >= 4 is 5.69 Å². The van der Waals surface area contributed by atoms with Crippen LogP contribution >= 0.6 is 0 Å². The van der Waals surface area contributed by atoms with E-state index in [1.807, 2.05) is 0 Å². The summed E-state index contributed by atoms with van der Waals surface area (Å²) in [6.45, 7) is 0. The first-order valence-electron chi connectivity index (χ1n) is 5.97. The van der Waals surface area contributed by atoms with Gasteiger partial charge in [0.2, 0.25) is 5.82 Å². The zero-order valence-electron chi connectivity index (χ0n) is 9.95. The Labute approximate surface area is 106 Å². The van der Waals surface area contributed by atoms with E-state index < -0.39 is 40.8 Å². The second kappa shape index (κ2) is 5.32. The van der Waals surface area contributed by atoms with Gasteiger partial charge in [0.25, 0.3) is 0 Å². The van der Waals surface area contributed by atoms with Crippen LogP contribution in [0.15, 0.2) is 0 Å². The number of anilines is 1. The molecule has 0 bridgehead atoms. The highest BCUT2D eigenvalue weighted by atomic mass is 19.2. The van der Waals surface area contributed by atoms with E-state index in [4.69, 9.17) is 5.73 Å². The van der Waals surface area contributed by atoms with E-state index >= 15 is 0 Å². The average Bonchev–Trinajstić information content (AvgIpc) is 2.41. The molecule has 0 saturated heterocycles. The maximum Gasteiger partial charge on any atom is 0.200 e. The molecule has 1 saturated carbocycles. The highest BCUT2D eigenvalue weighted by Gasteiger charge is 2.29. The number of hydrogen-bond acceptors (Lipinski definition) is 2. The molecule has 3 N–H and O–H groups in total. The molecule has 0 aliphatic heterocycles. The molecular weight excluding hydrogens is 267 g/mol. The summed E-state index contributed by atoms with van der Waals surface area (Å²) in [7, 11) is 0. The van der Waals surface area contributed by atoms with Gasteiger partial charge in [-0.2, -0.15) is 0 Å². The third-order valence-corrected chi connectivity index (χ3v) is 3.36. The van der Waals surface area contributed by atoms with E-state index in [9.17, 15) is 22.0 Å². The van der Waals surface area contributed by atoms with E-state index in [1.165, 1.54) is 0 Å². The number of rotatable bonds is 2. The molecule has 2 atom stereocenters. The van der Waals surface area contributed by atoms with E-state index in [1.54, 1.807) is 0 Å². The van der Waals surface area contributed by atoms with Gasteiger partial charge < -0.3 is 11.1 Å². The van der Waals surface area contributed by atoms with Gasteiger partial charge in [-0.3, -0.25) is 0 Å². The maximum absolute atomic E-state index is 13.5. The zero-order chi connectivity index (χ0) is 14.2. The largest absolute Gasteiger partial charge is 0.376 e. The minimum Gasteiger partial charge on any atom is -0.376 e. The molecule has 2 rings (SSSR count). The first-order chi connectivity index (χ1) is 8.93. The minimum atomic E-state index is -2.16. The highest BCUT2D eigenvalue weighted by Crippen LogP contribution is 2.29. The second-order valence-corrected chi connectivity index (χ2v) is 4.64. The van der Waals surface area contributed by atoms with Crippen molar-refractivity contribution in [2.45, 2.75) is 37.8 Å². The SMILES string of the molecule is NC1CCCCC1Nc1c(F)c(F)c(F)c(F)c1F. The molecule has 0 spiro atoms. The maximum atomic E-state index is 13.5. The van der Waals surface area contributed by atoms with Crippen LogP contribution < -0.4 is 11.1 Å². The lowest BCUT2D eigenvalue weighted by atomic mass is 9.91. The van der Waals surface area contributed by atoms with Crippen LogP contribution in [-0.4, -0.2) is 12.1 Å². The van der Waals surface area contributed by atoms with E-state index in [0.717, 1.165) is 12.8 Å². The average molecular weight is 280 g/mol.